The lowest BCUT2D eigenvalue weighted by atomic mass is 9.95. The Labute approximate surface area is 252 Å². The molecule has 0 heterocycles. The van der Waals surface area contributed by atoms with Crippen LogP contribution in [-0.4, -0.2) is 52.1 Å². The van der Waals surface area contributed by atoms with Crippen LogP contribution >= 0.6 is 0 Å². The Morgan fingerprint density at radius 2 is 1.67 bits per heavy atom. The molecule has 0 aromatic heterocycles. The topological polar surface area (TPSA) is 108 Å². The number of nitrogens with one attached hydrogen (secondary N) is 2. The zero-order valence-electron chi connectivity index (χ0n) is 26.7. The predicted molar refractivity (Wildman–Crippen MR) is 167 cm³/mol. The summed E-state index contributed by atoms with van der Waals surface area (Å²) in [6.07, 6.45) is 2.77. The number of aromatic hydroxyl groups is 1. The molecule has 0 radical (unpaired) electrons. The molecule has 2 aromatic carbocycles. The van der Waals surface area contributed by atoms with Crippen molar-refractivity contribution in [2.24, 2.45) is 5.92 Å². The number of nitrogens with zero attached hydrogens (tertiary/aromatic N) is 1. The minimum atomic E-state index is -0.979. The van der Waals surface area contributed by atoms with Crippen molar-refractivity contribution < 1.29 is 24.2 Å². The third kappa shape index (κ3) is 11.0. The summed E-state index contributed by atoms with van der Waals surface area (Å²) in [6, 6.07) is 12.2. The lowest BCUT2D eigenvalue weighted by Gasteiger charge is -2.39. The van der Waals surface area contributed by atoms with Gasteiger partial charge in [-0.15, -0.1) is 0 Å². The highest BCUT2D eigenvalue weighted by atomic mass is 16.6. The predicted octanol–water partition coefficient (Wildman–Crippen LogP) is 6.45. The van der Waals surface area contributed by atoms with Gasteiger partial charge < -0.3 is 25.4 Å². The van der Waals surface area contributed by atoms with Gasteiger partial charge in [0.1, 0.15) is 23.4 Å². The minimum absolute atomic E-state index is 0.114. The van der Waals surface area contributed by atoms with Crippen LogP contribution in [0.25, 0.3) is 0 Å². The van der Waals surface area contributed by atoms with E-state index in [9.17, 15) is 19.5 Å². The maximum atomic E-state index is 14.7. The maximum Gasteiger partial charge on any atom is 0.408 e. The summed E-state index contributed by atoms with van der Waals surface area (Å²) < 4.78 is 5.53. The van der Waals surface area contributed by atoms with E-state index in [1.54, 1.807) is 50.8 Å². The lowest BCUT2D eigenvalue weighted by Crippen LogP contribution is -2.56. The summed E-state index contributed by atoms with van der Waals surface area (Å²) in [5.41, 5.74) is 1.32. The van der Waals surface area contributed by atoms with Gasteiger partial charge in [-0.3, -0.25) is 9.59 Å². The summed E-state index contributed by atoms with van der Waals surface area (Å²) in [5, 5.41) is 16.1. The second-order valence-electron chi connectivity index (χ2n) is 12.5. The zero-order valence-corrected chi connectivity index (χ0v) is 26.7. The summed E-state index contributed by atoms with van der Waals surface area (Å²) >= 11 is 0. The van der Waals surface area contributed by atoms with Crippen LogP contribution in [-0.2, 0) is 20.7 Å². The van der Waals surface area contributed by atoms with Crippen LogP contribution in [0.5, 0.6) is 5.75 Å². The minimum Gasteiger partial charge on any atom is -0.508 e. The number of amides is 3. The zero-order chi connectivity index (χ0) is 31.4. The van der Waals surface area contributed by atoms with Crippen molar-refractivity contribution in [3.05, 3.63) is 65.2 Å². The number of hydrogen-bond acceptors (Lipinski definition) is 5. The van der Waals surface area contributed by atoms with Crippen molar-refractivity contribution in [1.82, 2.24) is 15.5 Å². The molecule has 0 aliphatic heterocycles. The van der Waals surface area contributed by atoms with Gasteiger partial charge in [0.15, 0.2) is 0 Å². The van der Waals surface area contributed by atoms with Gasteiger partial charge in [0, 0.05) is 19.0 Å². The molecule has 8 nitrogen and oxygen atoms in total. The van der Waals surface area contributed by atoms with Gasteiger partial charge in [-0.05, 0) is 88.6 Å². The first-order valence-electron chi connectivity index (χ1n) is 15.2. The molecule has 3 atom stereocenters. The summed E-state index contributed by atoms with van der Waals surface area (Å²) in [6.45, 7) is 15.8. The van der Waals surface area contributed by atoms with Crippen molar-refractivity contribution in [3.63, 3.8) is 0 Å². The van der Waals surface area contributed by atoms with Crippen LogP contribution in [0.3, 0.4) is 0 Å². The molecule has 0 bridgehead atoms. The molecule has 3 amide bonds. The van der Waals surface area contributed by atoms with E-state index in [4.69, 9.17) is 4.74 Å². The molecule has 232 valence electrons. The number of benzene rings is 2. The average Bonchev–Trinajstić information content (AvgIpc) is 2.90. The van der Waals surface area contributed by atoms with Crippen LogP contribution in [0.15, 0.2) is 48.5 Å². The number of alkyl carbamates (subject to hydrolysis) is 1. The second-order valence-corrected chi connectivity index (χ2v) is 12.5. The van der Waals surface area contributed by atoms with Crippen molar-refractivity contribution >= 4 is 17.9 Å². The van der Waals surface area contributed by atoms with Gasteiger partial charge >= 0.3 is 6.09 Å². The Hall–Kier alpha value is -3.55. The lowest BCUT2D eigenvalue weighted by molar-refractivity contribution is -0.145. The summed E-state index contributed by atoms with van der Waals surface area (Å²) in [5.74, 6) is -0.156. The van der Waals surface area contributed by atoms with E-state index in [1.807, 2.05) is 44.2 Å². The Kier molecular flexibility index (Phi) is 13.4. The Morgan fingerprint density at radius 1 is 1.00 bits per heavy atom. The SMILES string of the molecule is CCCCNC(=O)C(c1ccc(O)c(C)c1)N(C(=O)C(Cc1ccccc1)NC(=O)OC(C)(C)C)C(C)CCC(C)C. The quantitative estimate of drug-likeness (QED) is 0.222. The van der Waals surface area contributed by atoms with Gasteiger partial charge in [-0.2, -0.15) is 0 Å². The van der Waals surface area contributed by atoms with Crippen molar-refractivity contribution in [1.29, 1.82) is 0 Å². The van der Waals surface area contributed by atoms with Crippen LogP contribution in [0.4, 0.5) is 4.79 Å². The Bertz CT molecular complexity index is 1160. The average molecular weight is 582 g/mol. The number of phenols is 1. The van der Waals surface area contributed by atoms with Gasteiger partial charge in [0.2, 0.25) is 11.8 Å². The van der Waals surface area contributed by atoms with Gasteiger partial charge in [0.25, 0.3) is 0 Å². The third-order valence-corrected chi connectivity index (χ3v) is 7.06. The number of carbonyl (C=O) groups excluding carboxylic acids is 3. The highest BCUT2D eigenvalue weighted by molar-refractivity contribution is 5.92. The Morgan fingerprint density at radius 3 is 2.24 bits per heavy atom. The third-order valence-electron chi connectivity index (χ3n) is 7.06. The number of rotatable bonds is 14. The molecule has 2 rings (SSSR count). The number of hydrogen-bond donors (Lipinski definition) is 3. The van der Waals surface area contributed by atoms with E-state index in [2.05, 4.69) is 24.5 Å². The van der Waals surface area contributed by atoms with Gasteiger partial charge in [0.05, 0.1) is 0 Å². The highest BCUT2D eigenvalue weighted by Crippen LogP contribution is 2.30. The van der Waals surface area contributed by atoms with E-state index in [0.29, 0.717) is 30.0 Å². The van der Waals surface area contributed by atoms with E-state index in [0.717, 1.165) is 24.8 Å². The van der Waals surface area contributed by atoms with Crippen LogP contribution in [0.1, 0.15) is 96.9 Å². The molecule has 2 aromatic rings. The molecule has 3 N–H and O–H groups in total. The van der Waals surface area contributed by atoms with Gasteiger partial charge in [-0.1, -0.05) is 63.6 Å². The molecule has 0 aliphatic carbocycles. The normalized spacial score (nSPS) is 13.6. The monoisotopic (exact) mass is 581 g/mol. The molecule has 0 aliphatic rings. The fourth-order valence-corrected chi connectivity index (χ4v) is 4.76. The van der Waals surface area contributed by atoms with E-state index >= 15 is 0 Å². The summed E-state index contributed by atoms with van der Waals surface area (Å²) in [7, 11) is 0. The fourth-order valence-electron chi connectivity index (χ4n) is 4.76. The Balaban J connectivity index is 2.64. The fraction of sp³-hybridized carbons (Fsp3) is 0.559. The van der Waals surface area contributed by atoms with E-state index < -0.39 is 23.8 Å². The molecule has 42 heavy (non-hydrogen) atoms. The van der Waals surface area contributed by atoms with Crippen LogP contribution < -0.4 is 10.6 Å². The van der Waals surface area contributed by atoms with Gasteiger partial charge in [-0.25, -0.2) is 4.79 Å². The van der Waals surface area contributed by atoms with Crippen LogP contribution in [0, 0.1) is 12.8 Å². The number of unbranched alkanes of at least 4 members (excludes halogenated alkanes) is 1. The van der Waals surface area contributed by atoms with Crippen molar-refractivity contribution in [2.75, 3.05) is 6.54 Å². The van der Waals surface area contributed by atoms with Crippen molar-refractivity contribution in [2.45, 2.75) is 111 Å². The largest absolute Gasteiger partial charge is 0.508 e. The molecule has 0 spiro atoms. The van der Waals surface area contributed by atoms with Crippen LogP contribution in [0.2, 0.25) is 0 Å². The van der Waals surface area contributed by atoms with Crippen molar-refractivity contribution in [3.8, 4) is 5.75 Å². The first kappa shape index (κ1) is 34.7. The number of carbonyl (C=O) groups is 3. The second kappa shape index (κ2) is 16.2. The molecule has 0 saturated carbocycles. The standard InChI is InChI=1S/C34H51N3O5/c1-9-10-20-35-31(39)30(27-18-19-29(38)24(4)21-27)37(25(5)17-16-23(2)3)32(40)28(22-26-14-12-11-13-15-26)36-33(41)42-34(6,7)8/h11-15,18-19,21,23,25,28,30,38H,9-10,16-17,20,22H2,1-8H3,(H,35,39)(H,36,41). The molecule has 0 fully saturated rings. The molecular formula is C34H51N3O5. The summed E-state index contributed by atoms with van der Waals surface area (Å²) in [4.78, 5) is 43.2. The molecule has 8 heteroatoms. The number of aryl methyl sites for hydroxylation is 1. The molecule has 3 unspecified atom stereocenters. The number of ether oxygens (including phenoxy) is 1. The smallest absolute Gasteiger partial charge is 0.408 e. The highest BCUT2D eigenvalue weighted by Gasteiger charge is 2.39. The first-order chi connectivity index (χ1) is 19.7. The van der Waals surface area contributed by atoms with E-state index in [1.165, 1.54) is 0 Å². The first-order valence-corrected chi connectivity index (χ1v) is 15.2. The number of phenolic OH excluding ortho intramolecular Hbond substituents is 1. The maximum absolute atomic E-state index is 14.7. The molecule has 0 saturated heterocycles. The van der Waals surface area contributed by atoms with E-state index in [-0.39, 0.29) is 30.0 Å². The molecular weight excluding hydrogens is 530 g/mol.